The molecule has 98 valence electrons. The average molecular weight is 246 g/mol. The maximum Gasteiger partial charge on any atom is 0.231 e. The molecule has 1 fully saturated rings. The fraction of sp³-hybridized carbons (Fsp3) is 0.533. The number of para-hydroxylation sites is 1. The third kappa shape index (κ3) is 2.41. The van der Waals surface area contributed by atoms with Crippen molar-refractivity contribution in [1.29, 1.82) is 0 Å². The minimum atomic E-state index is -0.165. The Hall–Kier alpha value is -1.35. The first kappa shape index (κ1) is 13.1. The quantitative estimate of drug-likeness (QED) is 0.838. The monoisotopic (exact) mass is 246 g/mol. The van der Waals surface area contributed by atoms with Crippen LogP contribution in [0.5, 0.6) is 0 Å². The van der Waals surface area contributed by atoms with Gasteiger partial charge in [0.05, 0.1) is 5.41 Å². The van der Waals surface area contributed by atoms with Gasteiger partial charge in [0.1, 0.15) is 0 Å². The van der Waals surface area contributed by atoms with Gasteiger partial charge in [-0.05, 0) is 44.4 Å². The Morgan fingerprint density at radius 2 is 2.11 bits per heavy atom. The summed E-state index contributed by atoms with van der Waals surface area (Å²) in [5.74, 6) is 0.167. The van der Waals surface area contributed by atoms with Gasteiger partial charge in [0.25, 0.3) is 0 Å². The summed E-state index contributed by atoms with van der Waals surface area (Å²) in [4.78, 5) is 12.4. The molecule has 0 heterocycles. The predicted octanol–water partition coefficient (Wildman–Crippen LogP) is 2.50. The lowest BCUT2D eigenvalue weighted by Crippen LogP contribution is -2.33. The number of aryl methyl sites for hydroxylation is 2. The summed E-state index contributed by atoms with van der Waals surface area (Å²) < 4.78 is 0. The highest BCUT2D eigenvalue weighted by Gasteiger charge is 2.49. The molecule has 0 spiro atoms. The lowest BCUT2D eigenvalue weighted by Gasteiger charge is -2.18. The number of anilines is 1. The molecule has 0 atom stereocenters. The van der Waals surface area contributed by atoms with Crippen molar-refractivity contribution in [2.24, 2.45) is 5.41 Å². The highest BCUT2D eigenvalue weighted by molar-refractivity contribution is 5.98. The van der Waals surface area contributed by atoms with Crippen molar-refractivity contribution in [3.05, 3.63) is 29.3 Å². The number of rotatable bonds is 5. The van der Waals surface area contributed by atoms with Crippen LogP contribution in [0.3, 0.4) is 0 Å². The Bertz CT molecular complexity index is 450. The fourth-order valence-corrected chi connectivity index (χ4v) is 2.42. The number of hydrogen-bond acceptors (Lipinski definition) is 2. The molecule has 1 amide bonds. The minimum Gasteiger partial charge on any atom is -0.325 e. The second-order valence-corrected chi connectivity index (χ2v) is 5.23. The first-order valence-corrected chi connectivity index (χ1v) is 6.67. The molecule has 18 heavy (non-hydrogen) atoms. The molecule has 0 radical (unpaired) electrons. The molecule has 1 aliphatic rings. The molecule has 0 aliphatic heterocycles. The zero-order valence-corrected chi connectivity index (χ0v) is 11.5. The van der Waals surface area contributed by atoms with Crippen LogP contribution >= 0.6 is 0 Å². The molecule has 1 aromatic carbocycles. The van der Waals surface area contributed by atoms with Crippen LogP contribution < -0.4 is 10.6 Å². The van der Waals surface area contributed by atoms with Crippen LogP contribution in [0.2, 0.25) is 0 Å². The first-order chi connectivity index (χ1) is 8.63. The van der Waals surface area contributed by atoms with Crippen molar-refractivity contribution in [2.45, 2.75) is 33.1 Å². The van der Waals surface area contributed by atoms with Gasteiger partial charge in [-0.2, -0.15) is 0 Å². The van der Waals surface area contributed by atoms with Crippen LogP contribution in [0.25, 0.3) is 0 Å². The second kappa shape index (κ2) is 5.11. The molecule has 2 rings (SSSR count). The van der Waals surface area contributed by atoms with Gasteiger partial charge in [-0.3, -0.25) is 4.79 Å². The Morgan fingerprint density at radius 3 is 2.67 bits per heavy atom. The summed E-state index contributed by atoms with van der Waals surface area (Å²) in [6.45, 7) is 4.93. The molecule has 0 bridgehead atoms. The van der Waals surface area contributed by atoms with Gasteiger partial charge in [-0.15, -0.1) is 0 Å². The highest BCUT2D eigenvalue weighted by Crippen LogP contribution is 2.46. The van der Waals surface area contributed by atoms with Crippen LogP contribution in [0, 0.1) is 12.3 Å². The topological polar surface area (TPSA) is 41.1 Å². The van der Waals surface area contributed by atoms with Gasteiger partial charge < -0.3 is 10.6 Å². The van der Waals surface area contributed by atoms with E-state index in [1.165, 1.54) is 5.56 Å². The van der Waals surface area contributed by atoms with Gasteiger partial charge >= 0.3 is 0 Å². The molecule has 1 aliphatic carbocycles. The van der Waals surface area contributed by atoms with E-state index in [1.54, 1.807) is 0 Å². The van der Waals surface area contributed by atoms with E-state index >= 15 is 0 Å². The Kier molecular flexibility index (Phi) is 3.71. The summed E-state index contributed by atoms with van der Waals surface area (Å²) in [5.41, 5.74) is 3.20. The van der Waals surface area contributed by atoms with E-state index in [0.717, 1.165) is 37.1 Å². The SMILES string of the molecule is CCc1cccc(C)c1NC(=O)C1(CNC)CC1. The Balaban J connectivity index is 2.17. The largest absolute Gasteiger partial charge is 0.325 e. The van der Waals surface area contributed by atoms with Crippen LogP contribution in [0.15, 0.2) is 18.2 Å². The fourth-order valence-electron chi connectivity index (χ4n) is 2.42. The predicted molar refractivity (Wildman–Crippen MR) is 74.8 cm³/mol. The number of carbonyl (C=O) groups is 1. The molecule has 3 nitrogen and oxygen atoms in total. The Morgan fingerprint density at radius 1 is 1.39 bits per heavy atom. The third-order valence-electron chi connectivity index (χ3n) is 3.83. The lowest BCUT2D eigenvalue weighted by molar-refractivity contribution is -0.121. The van der Waals surface area contributed by atoms with Crippen LogP contribution in [0.1, 0.15) is 30.9 Å². The summed E-state index contributed by atoms with van der Waals surface area (Å²) in [5, 5.41) is 6.26. The van der Waals surface area contributed by atoms with Crippen LogP contribution in [-0.2, 0) is 11.2 Å². The zero-order valence-electron chi connectivity index (χ0n) is 11.5. The van der Waals surface area contributed by atoms with Gasteiger partial charge in [0.2, 0.25) is 5.91 Å². The van der Waals surface area contributed by atoms with Crippen molar-refractivity contribution >= 4 is 11.6 Å². The van der Waals surface area contributed by atoms with Crippen LogP contribution in [-0.4, -0.2) is 19.5 Å². The van der Waals surface area contributed by atoms with Crippen LogP contribution in [0.4, 0.5) is 5.69 Å². The molecule has 1 saturated carbocycles. The van der Waals surface area contributed by atoms with E-state index in [2.05, 4.69) is 23.6 Å². The zero-order chi connectivity index (χ0) is 13.2. The smallest absolute Gasteiger partial charge is 0.231 e. The summed E-state index contributed by atoms with van der Waals surface area (Å²) >= 11 is 0. The van der Waals surface area contributed by atoms with E-state index < -0.39 is 0 Å². The third-order valence-corrected chi connectivity index (χ3v) is 3.83. The number of amides is 1. The average Bonchev–Trinajstić information content (AvgIpc) is 3.13. The molecule has 0 saturated heterocycles. The number of benzene rings is 1. The highest BCUT2D eigenvalue weighted by atomic mass is 16.2. The summed E-state index contributed by atoms with van der Waals surface area (Å²) in [7, 11) is 1.90. The lowest BCUT2D eigenvalue weighted by atomic mass is 10.0. The maximum atomic E-state index is 12.4. The normalized spacial score (nSPS) is 16.4. The van der Waals surface area contributed by atoms with Gasteiger partial charge in [0, 0.05) is 12.2 Å². The van der Waals surface area contributed by atoms with E-state index in [4.69, 9.17) is 0 Å². The van der Waals surface area contributed by atoms with E-state index in [1.807, 2.05) is 26.1 Å². The molecule has 3 heteroatoms. The second-order valence-electron chi connectivity index (χ2n) is 5.23. The van der Waals surface area contributed by atoms with E-state index in [0.29, 0.717) is 0 Å². The maximum absolute atomic E-state index is 12.4. The van der Waals surface area contributed by atoms with Gasteiger partial charge in [-0.25, -0.2) is 0 Å². The van der Waals surface area contributed by atoms with Crippen molar-refractivity contribution in [2.75, 3.05) is 18.9 Å². The van der Waals surface area contributed by atoms with Crippen molar-refractivity contribution in [3.63, 3.8) is 0 Å². The standard InChI is InChI=1S/C15H22N2O/c1-4-12-7-5-6-11(2)13(12)17-14(18)15(8-9-15)10-16-3/h5-7,16H,4,8-10H2,1-3H3,(H,17,18). The number of carbonyl (C=O) groups excluding carboxylic acids is 1. The van der Waals surface area contributed by atoms with Crippen molar-refractivity contribution < 1.29 is 4.79 Å². The molecular formula is C15H22N2O. The van der Waals surface area contributed by atoms with Gasteiger partial charge in [0.15, 0.2) is 0 Å². The van der Waals surface area contributed by atoms with E-state index in [-0.39, 0.29) is 11.3 Å². The number of hydrogen-bond donors (Lipinski definition) is 2. The number of nitrogens with one attached hydrogen (secondary N) is 2. The molecule has 0 aromatic heterocycles. The van der Waals surface area contributed by atoms with E-state index in [9.17, 15) is 4.79 Å². The van der Waals surface area contributed by atoms with Crippen molar-refractivity contribution in [1.82, 2.24) is 5.32 Å². The minimum absolute atomic E-state index is 0.165. The van der Waals surface area contributed by atoms with Gasteiger partial charge in [-0.1, -0.05) is 25.1 Å². The Labute approximate surface area is 109 Å². The molecule has 1 aromatic rings. The summed E-state index contributed by atoms with van der Waals surface area (Å²) in [6, 6.07) is 6.18. The molecule has 2 N–H and O–H groups in total. The molecular weight excluding hydrogens is 224 g/mol. The van der Waals surface area contributed by atoms with Crippen molar-refractivity contribution in [3.8, 4) is 0 Å². The molecule has 0 unspecified atom stereocenters. The summed E-state index contributed by atoms with van der Waals surface area (Å²) in [6.07, 6.45) is 2.93. The first-order valence-electron chi connectivity index (χ1n) is 6.67.